The van der Waals surface area contributed by atoms with Crippen LogP contribution in [0, 0.1) is 0 Å². The minimum Gasteiger partial charge on any atom is -0.314 e. The average Bonchev–Trinajstić information content (AvgIpc) is 2.74. The second-order valence-electron chi connectivity index (χ2n) is 3.79. The molecule has 0 spiro atoms. The maximum atomic E-state index is 4.07. The van der Waals surface area contributed by atoms with Crippen LogP contribution in [0.15, 0.2) is 12.7 Å². The van der Waals surface area contributed by atoms with E-state index in [1.165, 1.54) is 25.7 Å². The summed E-state index contributed by atoms with van der Waals surface area (Å²) in [7, 11) is 2.06. The van der Waals surface area contributed by atoms with Crippen molar-refractivity contribution in [2.24, 2.45) is 0 Å². The third kappa shape index (κ3) is 2.06. The van der Waals surface area contributed by atoms with Gasteiger partial charge in [-0.1, -0.05) is 0 Å². The summed E-state index contributed by atoms with van der Waals surface area (Å²) in [6, 6.07) is 0. The zero-order valence-electron chi connectivity index (χ0n) is 8.03. The van der Waals surface area contributed by atoms with Crippen LogP contribution in [0.2, 0.25) is 0 Å². The molecular weight excluding hydrogens is 164 g/mol. The fourth-order valence-electron chi connectivity index (χ4n) is 1.70. The zero-order valence-corrected chi connectivity index (χ0v) is 8.03. The predicted molar refractivity (Wildman–Crippen MR) is 50.3 cm³/mol. The lowest BCUT2D eigenvalue weighted by atomic mass is 10.1. The van der Waals surface area contributed by atoms with E-state index >= 15 is 0 Å². The summed E-state index contributed by atoms with van der Waals surface area (Å²) in [5, 5.41) is 7.45. The lowest BCUT2D eigenvalue weighted by Gasteiger charge is -2.12. The Hall–Kier alpha value is -0.900. The summed E-state index contributed by atoms with van der Waals surface area (Å²) in [4.78, 5) is 3.91. The first kappa shape index (κ1) is 8.69. The Morgan fingerprint density at radius 2 is 2.38 bits per heavy atom. The maximum absolute atomic E-state index is 4.07. The van der Waals surface area contributed by atoms with Crippen LogP contribution in [0.1, 0.15) is 25.7 Å². The molecule has 1 aliphatic rings. The molecule has 1 aromatic rings. The van der Waals surface area contributed by atoms with E-state index in [9.17, 15) is 0 Å². The Balaban J connectivity index is 1.70. The number of hydrogen-bond donors (Lipinski definition) is 1. The third-order valence-electron chi connectivity index (χ3n) is 2.89. The van der Waals surface area contributed by atoms with E-state index in [0.717, 1.165) is 6.54 Å². The van der Waals surface area contributed by atoms with Crippen molar-refractivity contribution >= 4 is 0 Å². The van der Waals surface area contributed by atoms with Gasteiger partial charge in [-0.05, 0) is 32.7 Å². The van der Waals surface area contributed by atoms with Crippen molar-refractivity contribution in [3.8, 4) is 0 Å². The first-order valence-electron chi connectivity index (χ1n) is 4.86. The third-order valence-corrected chi connectivity index (χ3v) is 2.89. The number of aryl methyl sites for hydroxylation is 1. The fourth-order valence-corrected chi connectivity index (χ4v) is 1.70. The minimum atomic E-state index is 0.473. The van der Waals surface area contributed by atoms with Crippen LogP contribution in [0.4, 0.5) is 0 Å². The van der Waals surface area contributed by atoms with Crippen LogP contribution in [0.5, 0.6) is 0 Å². The van der Waals surface area contributed by atoms with Gasteiger partial charge >= 0.3 is 0 Å². The standard InChI is InChI=1S/C9H16N4/c1-10-9(4-5-9)3-2-6-13-8-11-7-12-13/h7-8,10H,2-6H2,1H3. The van der Waals surface area contributed by atoms with Gasteiger partial charge in [-0.2, -0.15) is 5.10 Å². The number of hydrogen-bond acceptors (Lipinski definition) is 3. The maximum Gasteiger partial charge on any atom is 0.137 e. The van der Waals surface area contributed by atoms with E-state index in [0.29, 0.717) is 5.54 Å². The Morgan fingerprint density at radius 1 is 1.54 bits per heavy atom. The van der Waals surface area contributed by atoms with Gasteiger partial charge in [0.2, 0.25) is 0 Å². The van der Waals surface area contributed by atoms with E-state index in [1.54, 1.807) is 12.7 Å². The van der Waals surface area contributed by atoms with Crippen molar-refractivity contribution in [2.45, 2.75) is 37.8 Å². The fraction of sp³-hybridized carbons (Fsp3) is 0.778. The molecule has 0 bridgehead atoms. The molecule has 0 aromatic carbocycles. The summed E-state index contributed by atoms with van der Waals surface area (Å²) in [5.74, 6) is 0. The first-order valence-corrected chi connectivity index (χ1v) is 4.86. The molecule has 1 heterocycles. The van der Waals surface area contributed by atoms with Gasteiger partial charge in [-0.15, -0.1) is 0 Å². The monoisotopic (exact) mass is 180 g/mol. The lowest BCUT2D eigenvalue weighted by molar-refractivity contribution is 0.452. The van der Waals surface area contributed by atoms with Gasteiger partial charge < -0.3 is 5.32 Å². The van der Waals surface area contributed by atoms with Gasteiger partial charge in [0.05, 0.1) is 0 Å². The van der Waals surface area contributed by atoms with Gasteiger partial charge in [0.15, 0.2) is 0 Å². The summed E-state index contributed by atoms with van der Waals surface area (Å²) in [6.07, 6.45) is 8.47. The first-order chi connectivity index (χ1) is 6.35. The largest absolute Gasteiger partial charge is 0.314 e. The van der Waals surface area contributed by atoms with Crippen molar-refractivity contribution < 1.29 is 0 Å². The van der Waals surface area contributed by atoms with E-state index in [1.807, 2.05) is 4.68 Å². The normalized spacial score (nSPS) is 18.8. The Labute approximate surface area is 78.4 Å². The quantitative estimate of drug-likeness (QED) is 0.729. The summed E-state index contributed by atoms with van der Waals surface area (Å²) < 4.78 is 1.89. The molecule has 1 aromatic heterocycles. The van der Waals surface area contributed by atoms with E-state index < -0.39 is 0 Å². The molecule has 4 nitrogen and oxygen atoms in total. The van der Waals surface area contributed by atoms with Gasteiger partial charge in [0.25, 0.3) is 0 Å². The summed E-state index contributed by atoms with van der Waals surface area (Å²) >= 11 is 0. The molecule has 0 radical (unpaired) electrons. The molecule has 0 amide bonds. The zero-order chi connectivity index (χ0) is 9.15. The highest BCUT2D eigenvalue weighted by Gasteiger charge is 2.39. The van der Waals surface area contributed by atoms with Crippen LogP contribution in [-0.2, 0) is 6.54 Å². The van der Waals surface area contributed by atoms with E-state index in [-0.39, 0.29) is 0 Å². The summed E-state index contributed by atoms with van der Waals surface area (Å²) in [5.41, 5.74) is 0.473. The molecule has 4 heteroatoms. The molecule has 0 unspecified atom stereocenters. The van der Waals surface area contributed by atoms with Gasteiger partial charge in [-0.25, -0.2) is 4.98 Å². The van der Waals surface area contributed by atoms with Gasteiger partial charge in [-0.3, -0.25) is 4.68 Å². The molecule has 1 aliphatic carbocycles. The molecule has 1 fully saturated rings. The highest BCUT2D eigenvalue weighted by molar-refractivity contribution is 5.00. The molecule has 2 rings (SSSR count). The molecule has 13 heavy (non-hydrogen) atoms. The number of nitrogens with zero attached hydrogens (tertiary/aromatic N) is 3. The minimum absolute atomic E-state index is 0.473. The number of nitrogens with one attached hydrogen (secondary N) is 1. The van der Waals surface area contributed by atoms with E-state index in [2.05, 4.69) is 22.4 Å². The Bertz CT molecular complexity index is 251. The second kappa shape index (κ2) is 3.46. The molecule has 1 saturated carbocycles. The average molecular weight is 180 g/mol. The Kier molecular flexibility index (Phi) is 2.31. The van der Waals surface area contributed by atoms with Crippen molar-refractivity contribution in [1.29, 1.82) is 0 Å². The Morgan fingerprint density at radius 3 is 2.92 bits per heavy atom. The number of aromatic nitrogens is 3. The van der Waals surface area contributed by atoms with Crippen LogP contribution in [0.3, 0.4) is 0 Å². The highest BCUT2D eigenvalue weighted by Crippen LogP contribution is 2.39. The summed E-state index contributed by atoms with van der Waals surface area (Å²) in [6.45, 7) is 0.990. The van der Waals surface area contributed by atoms with Gasteiger partial charge in [0.1, 0.15) is 12.7 Å². The molecule has 72 valence electrons. The van der Waals surface area contributed by atoms with Crippen molar-refractivity contribution in [3.05, 3.63) is 12.7 Å². The van der Waals surface area contributed by atoms with Crippen LogP contribution < -0.4 is 5.32 Å². The number of rotatable bonds is 5. The van der Waals surface area contributed by atoms with Gasteiger partial charge in [0, 0.05) is 12.1 Å². The van der Waals surface area contributed by atoms with Crippen LogP contribution in [-0.4, -0.2) is 27.4 Å². The smallest absolute Gasteiger partial charge is 0.137 e. The molecule has 0 atom stereocenters. The highest BCUT2D eigenvalue weighted by atomic mass is 15.3. The van der Waals surface area contributed by atoms with Crippen molar-refractivity contribution in [2.75, 3.05) is 7.05 Å². The topological polar surface area (TPSA) is 42.7 Å². The SMILES string of the molecule is CNC1(CCCn2cncn2)CC1. The van der Waals surface area contributed by atoms with Crippen molar-refractivity contribution in [1.82, 2.24) is 20.1 Å². The van der Waals surface area contributed by atoms with Crippen LogP contribution >= 0.6 is 0 Å². The molecule has 0 aliphatic heterocycles. The van der Waals surface area contributed by atoms with Crippen molar-refractivity contribution in [3.63, 3.8) is 0 Å². The second-order valence-corrected chi connectivity index (χ2v) is 3.79. The van der Waals surface area contributed by atoms with E-state index in [4.69, 9.17) is 0 Å². The molecule has 0 saturated heterocycles. The van der Waals surface area contributed by atoms with Crippen LogP contribution in [0.25, 0.3) is 0 Å². The molecule has 1 N–H and O–H groups in total. The molecular formula is C9H16N4. The predicted octanol–water partition coefficient (Wildman–Crippen LogP) is 0.810. The lowest BCUT2D eigenvalue weighted by Crippen LogP contribution is -2.27.